The lowest BCUT2D eigenvalue weighted by Gasteiger charge is -2.46. The first kappa shape index (κ1) is 14.0. The first-order chi connectivity index (χ1) is 10.2. The van der Waals surface area contributed by atoms with Gasteiger partial charge in [-0.15, -0.1) is 0 Å². The van der Waals surface area contributed by atoms with Gasteiger partial charge in [-0.3, -0.25) is 14.6 Å². The normalized spacial score (nSPS) is 24.4. The molecule has 5 heteroatoms. The molecule has 1 aromatic heterocycles. The molecule has 2 aliphatic rings. The van der Waals surface area contributed by atoms with Crippen LogP contribution in [0.25, 0.3) is 0 Å². The minimum Gasteiger partial charge on any atom is -0.342 e. The standard InChI is InChI=1S/C16H21N3O2/c1-2-13-14(20)19(11-12-5-9-17-10-6-12)16(15(21)18-13)7-3-4-8-16/h5-6,9-10,13H,2-4,7-8,11H2,1H3,(H,18,21). The lowest BCUT2D eigenvalue weighted by atomic mass is 9.88. The van der Waals surface area contributed by atoms with Crippen molar-refractivity contribution in [2.75, 3.05) is 0 Å². The number of carbonyl (C=O) groups is 2. The van der Waals surface area contributed by atoms with E-state index in [1.165, 1.54) is 0 Å². The van der Waals surface area contributed by atoms with Gasteiger partial charge in [0.1, 0.15) is 11.6 Å². The summed E-state index contributed by atoms with van der Waals surface area (Å²) in [5.74, 6) is 0.0799. The summed E-state index contributed by atoms with van der Waals surface area (Å²) < 4.78 is 0. The molecule has 3 rings (SSSR count). The van der Waals surface area contributed by atoms with Gasteiger partial charge in [-0.05, 0) is 37.0 Å². The zero-order chi connectivity index (χ0) is 14.9. The summed E-state index contributed by atoms with van der Waals surface area (Å²) in [6, 6.07) is 3.43. The number of hydrogen-bond donors (Lipinski definition) is 1. The fraction of sp³-hybridized carbons (Fsp3) is 0.562. The van der Waals surface area contributed by atoms with Crippen molar-refractivity contribution in [1.82, 2.24) is 15.2 Å². The molecular formula is C16H21N3O2. The summed E-state index contributed by atoms with van der Waals surface area (Å²) in [6.07, 6.45) is 7.63. The molecule has 0 aromatic carbocycles. The summed E-state index contributed by atoms with van der Waals surface area (Å²) >= 11 is 0. The topological polar surface area (TPSA) is 62.3 Å². The molecule has 5 nitrogen and oxygen atoms in total. The Kier molecular flexibility index (Phi) is 3.66. The van der Waals surface area contributed by atoms with Crippen LogP contribution < -0.4 is 5.32 Å². The molecule has 2 amide bonds. The number of carbonyl (C=O) groups excluding carboxylic acids is 2. The maximum absolute atomic E-state index is 12.8. The number of piperazine rings is 1. The zero-order valence-corrected chi connectivity index (χ0v) is 12.3. The van der Waals surface area contributed by atoms with Gasteiger partial charge in [0.15, 0.2) is 0 Å². The number of amides is 2. The SMILES string of the molecule is CCC1NC(=O)C2(CCCC2)N(Cc2ccncc2)C1=O. The quantitative estimate of drug-likeness (QED) is 0.919. The molecule has 1 aliphatic carbocycles. The van der Waals surface area contributed by atoms with Crippen LogP contribution >= 0.6 is 0 Å². The number of aromatic nitrogens is 1. The minimum absolute atomic E-state index is 0.0282. The van der Waals surface area contributed by atoms with Crippen molar-refractivity contribution in [3.05, 3.63) is 30.1 Å². The summed E-state index contributed by atoms with van der Waals surface area (Å²) in [6.45, 7) is 2.42. The van der Waals surface area contributed by atoms with Crippen LogP contribution in [0.5, 0.6) is 0 Å². The van der Waals surface area contributed by atoms with Gasteiger partial charge in [0.05, 0.1) is 0 Å². The predicted octanol–water partition coefficient (Wildman–Crippen LogP) is 1.63. The molecule has 1 atom stereocenters. The molecule has 1 saturated carbocycles. The Morgan fingerprint density at radius 3 is 2.57 bits per heavy atom. The van der Waals surface area contributed by atoms with E-state index in [1.54, 1.807) is 12.4 Å². The highest BCUT2D eigenvalue weighted by Gasteiger charge is 2.53. The van der Waals surface area contributed by atoms with Gasteiger partial charge >= 0.3 is 0 Å². The van der Waals surface area contributed by atoms with Crippen molar-refractivity contribution < 1.29 is 9.59 Å². The largest absolute Gasteiger partial charge is 0.342 e. The van der Waals surface area contributed by atoms with Crippen molar-refractivity contribution in [2.45, 2.75) is 57.2 Å². The third-order valence-corrected chi connectivity index (χ3v) is 4.74. The second kappa shape index (κ2) is 5.47. The van der Waals surface area contributed by atoms with Crippen LogP contribution in [0.15, 0.2) is 24.5 Å². The fourth-order valence-corrected chi connectivity index (χ4v) is 3.51. The third-order valence-electron chi connectivity index (χ3n) is 4.74. The van der Waals surface area contributed by atoms with Crippen molar-refractivity contribution in [2.24, 2.45) is 0 Å². The number of rotatable bonds is 3. The van der Waals surface area contributed by atoms with Crippen molar-refractivity contribution >= 4 is 11.8 Å². The van der Waals surface area contributed by atoms with Gasteiger partial charge in [0.25, 0.3) is 0 Å². The van der Waals surface area contributed by atoms with Crippen LogP contribution in [-0.4, -0.2) is 33.3 Å². The maximum atomic E-state index is 12.8. The summed E-state index contributed by atoms with van der Waals surface area (Å²) in [4.78, 5) is 31.2. The number of hydrogen-bond acceptors (Lipinski definition) is 3. The van der Waals surface area contributed by atoms with E-state index in [0.29, 0.717) is 13.0 Å². The number of nitrogens with one attached hydrogen (secondary N) is 1. The maximum Gasteiger partial charge on any atom is 0.246 e. The fourth-order valence-electron chi connectivity index (χ4n) is 3.51. The Bertz CT molecular complexity index is 538. The Labute approximate surface area is 124 Å². The van der Waals surface area contributed by atoms with Crippen molar-refractivity contribution in [3.8, 4) is 0 Å². The molecule has 2 fully saturated rings. The highest BCUT2D eigenvalue weighted by Crippen LogP contribution is 2.39. The van der Waals surface area contributed by atoms with Gasteiger partial charge in [-0.2, -0.15) is 0 Å². The van der Waals surface area contributed by atoms with E-state index in [4.69, 9.17) is 0 Å². The van der Waals surface area contributed by atoms with E-state index in [-0.39, 0.29) is 17.9 Å². The summed E-state index contributed by atoms with van der Waals surface area (Å²) in [7, 11) is 0. The van der Waals surface area contributed by atoms with E-state index < -0.39 is 5.54 Å². The van der Waals surface area contributed by atoms with Crippen LogP contribution in [0.1, 0.15) is 44.6 Å². The Hall–Kier alpha value is -1.91. The molecular weight excluding hydrogens is 266 g/mol. The Balaban J connectivity index is 1.94. The van der Waals surface area contributed by atoms with E-state index in [1.807, 2.05) is 24.0 Å². The van der Waals surface area contributed by atoms with Crippen LogP contribution in [0.3, 0.4) is 0 Å². The summed E-state index contributed by atoms with van der Waals surface area (Å²) in [5.41, 5.74) is 0.389. The van der Waals surface area contributed by atoms with Gasteiger partial charge in [0.2, 0.25) is 11.8 Å². The first-order valence-corrected chi connectivity index (χ1v) is 7.69. The molecule has 2 heterocycles. The molecule has 1 saturated heterocycles. The van der Waals surface area contributed by atoms with E-state index in [0.717, 1.165) is 31.2 Å². The predicted molar refractivity (Wildman–Crippen MR) is 78.2 cm³/mol. The molecule has 21 heavy (non-hydrogen) atoms. The average Bonchev–Trinajstić information content (AvgIpc) is 2.99. The Morgan fingerprint density at radius 1 is 1.29 bits per heavy atom. The van der Waals surface area contributed by atoms with Gasteiger partial charge < -0.3 is 10.2 Å². The van der Waals surface area contributed by atoms with Crippen LogP contribution in [-0.2, 0) is 16.1 Å². The Morgan fingerprint density at radius 2 is 1.95 bits per heavy atom. The lowest BCUT2D eigenvalue weighted by Crippen LogP contribution is -2.69. The third kappa shape index (κ3) is 2.30. The second-order valence-electron chi connectivity index (χ2n) is 5.95. The number of pyridine rings is 1. The molecule has 1 spiro atoms. The highest BCUT2D eigenvalue weighted by atomic mass is 16.2. The van der Waals surface area contributed by atoms with E-state index >= 15 is 0 Å². The molecule has 112 valence electrons. The monoisotopic (exact) mass is 287 g/mol. The molecule has 0 radical (unpaired) electrons. The zero-order valence-electron chi connectivity index (χ0n) is 12.3. The van der Waals surface area contributed by atoms with Crippen molar-refractivity contribution in [3.63, 3.8) is 0 Å². The molecule has 1 aromatic rings. The highest BCUT2D eigenvalue weighted by molar-refractivity contribution is 6.00. The molecule has 1 unspecified atom stereocenters. The van der Waals surface area contributed by atoms with Crippen molar-refractivity contribution in [1.29, 1.82) is 0 Å². The van der Waals surface area contributed by atoms with Crippen LogP contribution in [0.4, 0.5) is 0 Å². The summed E-state index contributed by atoms with van der Waals surface area (Å²) in [5, 5.41) is 2.92. The van der Waals surface area contributed by atoms with Crippen LogP contribution in [0.2, 0.25) is 0 Å². The lowest BCUT2D eigenvalue weighted by molar-refractivity contribution is -0.158. The van der Waals surface area contributed by atoms with E-state index in [2.05, 4.69) is 10.3 Å². The van der Waals surface area contributed by atoms with Gasteiger partial charge in [-0.1, -0.05) is 19.8 Å². The smallest absolute Gasteiger partial charge is 0.246 e. The van der Waals surface area contributed by atoms with Gasteiger partial charge in [0, 0.05) is 18.9 Å². The van der Waals surface area contributed by atoms with Crippen LogP contribution in [0, 0.1) is 0 Å². The number of nitrogens with zero attached hydrogens (tertiary/aromatic N) is 2. The average molecular weight is 287 g/mol. The van der Waals surface area contributed by atoms with E-state index in [9.17, 15) is 9.59 Å². The molecule has 0 bridgehead atoms. The molecule has 1 aliphatic heterocycles. The minimum atomic E-state index is -0.633. The first-order valence-electron chi connectivity index (χ1n) is 7.69. The second-order valence-corrected chi connectivity index (χ2v) is 5.95. The van der Waals surface area contributed by atoms with Gasteiger partial charge in [-0.25, -0.2) is 0 Å². The molecule has 1 N–H and O–H groups in total.